The number of carbonyl (C=O) groups excluding carboxylic acids is 1. The minimum Gasteiger partial charge on any atom is -0.462 e. The van der Waals surface area contributed by atoms with Crippen LogP contribution in [0, 0.1) is 23.2 Å². The van der Waals surface area contributed by atoms with Crippen molar-refractivity contribution in [2.24, 2.45) is 28.9 Å². The van der Waals surface area contributed by atoms with Gasteiger partial charge in [0.1, 0.15) is 6.10 Å². The molecule has 0 amide bonds. The van der Waals surface area contributed by atoms with Crippen molar-refractivity contribution in [1.82, 2.24) is 0 Å². The summed E-state index contributed by atoms with van der Waals surface area (Å²) < 4.78 is 5.47. The van der Waals surface area contributed by atoms with E-state index in [4.69, 9.17) is 10.5 Å². The molecule has 3 fully saturated rings. The largest absolute Gasteiger partial charge is 0.462 e. The number of hydrogen-bond acceptors (Lipinski definition) is 3. The smallest absolute Gasteiger partial charge is 0.302 e. The van der Waals surface area contributed by atoms with Crippen molar-refractivity contribution < 1.29 is 9.53 Å². The van der Waals surface area contributed by atoms with Crippen LogP contribution in [0.3, 0.4) is 0 Å². The van der Waals surface area contributed by atoms with Crippen molar-refractivity contribution in [2.45, 2.75) is 58.1 Å². The van der Waals surface area contributed by atoms with Crippen molar-refractivity contribution >= 4 is 5.97 Å². The summed E-state index contributed by atoms with van der Waals surface area (Å²) in [6.07, 6.45) is 6.26. The van der Waals surface area contributed by atoms with Gasteiger partial charge in [-0.1, -0.05) is 6.92 Å². The number of fused-ring (bicyclic) bond motifs is 3. The van der Waals surface area contributed by atoms with E-state index in [1.54, 1.807) is 0 Å². The lowest BCUT2D eigenvalue weighted by molar-refractivity contribution is -0.148. The number of ether oxygens (including phenoxy) is 1. The van der Waals surface area contributed by atoms with Gasteiger partial charge in [0, 0.05) is 13.0 Å². The highest BCUT2D eigenvalue weighted by molar-refractivity contribution is 5.66. The van der Waals surface area contributed by atoms with Gasteiger partial charge in [0.05, 0.1) is 0 Å². The van der Waals surface area contributed by atoms with Gasteiger partial charge in [0.25, 0.3) is 0 Å². The first-order chi connectivity index (χ1) is 8.03. The molecule has 3 rings (SSSR count). The van der Waals surface area contributed by atoms with Crippen LogP contribution < -0.4 is 5.73 Å². The highest BCUT2D eigenvalue weighted by Gasteiger charge is 2.61. The highest BCUT2D eigenvalue weighted by atomic mass is 16.5. The molecular weight excluding hydrogens is 214 g/mol. The van der Waals surface area contributed by atoms with E-state index in [0.29, 0.717) is 17.4 Å². The second-order valence-corrected chi connectivity index (χ2v) is 6.56. The van der Waals surface area contributed by atoms with Crippen LogP contribution in [0.15, 0.2) is 0 Å². The van der Waals surface area contributed by atoms with E-state index in [2.05, 4.69) is 6.92 Å². The summed E-state index contributed by atoms with van der Waals surface area (Å²) in [6.45, 7) is 3.72. The lowest BCUT2D eigenvalue weighted by Gasteiger charge is -2.39. The number of hydrogen-bond donors (Lipinski definition) is 1. The van der Waals surface area contributed by atoms with Gasteiger partial charge in [-0.3, -0.25) is 4.79 Å². The van der Waals surface area contributed by atoms with Crippen LogP contribution in [-0.4, -0.2) is 18.1 Å². The minimum absolute atomic E-state index is 0.109. The average Bonchev–Trinajstić information content (AvgIpc) is 2.87. The van der Waals surface area contributed by atoms with Crippen LogP contribution in [0.1, 0.15) is 46.0 Å². The summed E-state index contributed by atoms with van der Waals surface area (Å²) in [4.78, 5) is 11.1. The molecule has 1 spiro atoms. The van der Waals surface area contributed by atoms with E-state index in [9.17, 15) is 4.79 Å². The molecule has 17 heavy (non-hydrogen) atoms. The Morgan fingerprint density at radius 3 is 2.71 bits per heavy atom. The van der Waals surface area contributed by atoms with E-state index in [0.717, 1.165) is 24.7 Å². The molecule has 0 radical (unpaired) electrons. The zero-order chi connectivity index (χ0) is 12.2. The van der Waals surface area contributed by atoms with Crippen molar-refractivity contribution in [3.8, 4) is 0 Å². The SMILES string of the molecule is CC(=O)O[C@H]1CC2(C[C@@H]1C)C1CC[C@H](C1)[C@@H]2N. The third-order valence-electron chi connectivity index (χ3n) is 5.69. The molecule has 2 N–H and O–H groups in total. The van der Waals surface area contributed by atoms with Gasteiger partial charge in [0.2, 0.25) is 0 Å². The Hall–Kier alpha value is -0.570. The third kappa shape index (κ3) is 1.55. The Labute approximate surface area is 103 Å². The summed E-state index contributed by atoms with van der Waals surface area (Å²) in [5.41, 5.74) is 6.77. The fraction of sp³-hybridized carbons (Fsp3) is 0.929. The maximum atomic E-state index is 11.1. The van der Waals surface area contributed by atoms with Gasteiger partial charge in [-0.15, -0.1) is 0 Å². The Bertz CT molecular complexity index is 339. The summed E-state index contributed by atoms with van der Waals surface area (Å²) >= 11 is 0. The Balaban J connectivity index is 1.80. The predicted octanol–water partition coefficient (Wildman–Crippen LogP) is 2.09. The third-order valence-corrected chi connectivity index (χ3v) is 5.69. The Morgan fingerprint density at radius 2 is 2.12 bits per heavy atom. The van der Waals surface area contributed by atoms with E-state index in [-0.39, 0.29) is 12.1 Å². The lowest BCUT2D eigenvalue weighted by Crippen LogP contribution is -2.45. The molecule has 3 aliphatic rings. The van der Waals surface area contributed by atoms with E-state index in [1.165, 1.54) is 26.2 Å². The molecule has 3 aliphatic carbocycles. The number of nitrogens with two attached hydrogens (primary N) is 1. The molecule has 0 aromatic heterocycles. The van der Waals surface area contributed by atoms with Crippen molar-refractivity contribution in [1.29, 1.82) is 0 Å². The van der Waals surface area contributed by atoms with E-state index < -0.39 is 0 Å². The molecule has 0 aliphatic heterocycles. The number of esters is 1. The maximum absolute atomic E-state index is 11.1. The van der Waals surface area contributed by atoms with Crippen LogP contribution in [0.2, 0.25) is 0 Å². The first kappa shape index (κ1) is 11.5. The average molecular weight is 237 g/mol. The molecule has 0 saturated heterocycles. The first-order valence-corrected chi connectivity index (χ1v) is 6.96. The quantitative estimate of drug-likeness (QED) is 0.710. The molecule has 0 heterocycles. The zero-order valence-electron chi connectivity index (χ0n) is 10.8. The first-order valence-electron chi connectivity index (χ1n) is 6.96. The van der Waals surface area contributed by atoms with Crippen molar-refractivity contribution in [3.63, 3.8) is 0 Å². The van der Waals surface area contributed by atoms with Gasteiger partial charge in [-0.2, -0.15) is 0 Å². The second kappa shape index (κ2) is 3.71. The van der Waals surface area contributed by atoms with Crippen LogP contribution in [0.5, 0.6) is 0 Å². The normalized spacial score (nSPS) is 52.3. The Kier molecular flexibility index (Phi) is 2.51. The molecule has 3 saturated carbocycles. The second-order valence-electron chi connectivity index (χ2n) is 6.56. The van der Waals surface area contributed by atoms with Gasteiger partial charge in [-0.25, -0.2) is 0 Å². The molecule has 3 heteroatoms. The molecule has 0 aromatic rings. The van der Waals surface area contributed by atoms with Gasteiger partial charge >= 0.3 is 5.97 Å². The molecule has 0 aromatic carbocycles. The van der Waals surface area contributed by atoms with Crippen LogP contribution in [0.25, 0.3) is 0 Å². The molecule has 96 valence electrons. The fourth-order valence-electron chi connectivity index (χ4n) is 4.97. The van der Waals surface area contributed by atoms with Crippen LogP contribution in [0.4, 0.5) is 0 Å². The predicted molar refractivity (Wildman–Crippen MR) is 65.2 cm³/mol. The van der Waals surface area contributed by atoms with Crippen LogP contribution in [-0.2, 0) is 9.53 Å². The molecule has 6 atom stereocenters. The lowest BCUT2D eigenvalue weighted by atomic mass is 9.68. The van der Waals surface area contributed by atoms with Crippen molar-refractivity contribution in [2.75, 3.05) is 0 Å². The van der Waals surface area contributed by atoms with Crippen molar-refractivity contribution in [3.05, 3.63) is 0 Å². The minimum atomic E-state index is -0.143. The molecule has 2 bridgehead atoms. The zero-order valence-corrected chi connectivity index (χ0v) is 10.8. The summed E-state index contributed by atoms with van der Waals surface area (Å²) in [5, 5.41) is 0. The van der Waals surface area contributed by atoms with E-state index in [1.807, 2.05) is 0 Å². The summed E-state index contributed by atoms with van der Waals surface area (Å²) in [6, 6.07) is 0.351. The molecular formula is C14H23NO2. The van der Waals surface area contributed by atoms with Gasteiger partial charge < -0.3 is 10.5 Å². The summed E-state index contributed by atoms with van der Waals surface area (Å²) in [5.74, 6) is 1.87. The van der Waals surface area contributed by atoms with Crippen LogP contribution >= 0.6 is 0 Å². The highest BCUT2D eigenvalue weighted by Crippen LogP contribution is 2.63. The van der Waals surface area contributed by atoms with Gasteiger partial charge in [0.15, 0.2) is 0 Å². The fourth-order valence-corrected chi connectivity index (χ4v) is 4.97. The molecule has 3 nitrogen and oxygen atoms in total. The maximum Gasteiger partial charge on any atom is 0.302 e. The molecule has 2 unspecified atom stereocenters. The Morgan fingerprint density at radius 1 is 1.35 bits per heavy atom. The topological polar surface area (TPSA) is 52.3 Å². The van der Waals surface area contributed by atoms with Gasteiger partial charge in [-0.05, 0) is 55.3 Å². The number of carbonyl (C=O) groups is 1. The number of rotatable bonds is 1. The van der Waals surface area contributed by atoms with E-state index >= 15 is 0 Å². The summed E-state index contributed by atoms with van der Waals surface area (Å²) in [7, 11) is 0. The standard InChI is InChI=1S/C14H23NO2/c1-8-6-14(7-12(8)17-9(2)16)11-4-3-10(5-11)13(14)15/h8,10-13H,3-7,15H2,1-2H3/t8-,10+,11?,12-,13-,14?/m0/s1. The monoisotopic (exact) mass is 237 g/mol.